The van der Waals surface area contributed by atoms with Crippen LogP contribution in [0.4, 0.5) is 5.82 Å². The van der Waals surface area contributed by atoms with E-state index in [4.69, 9.17) is 4.74 Å². The average Bonchev–Trinajstić information content (AvgIpc) is 3.54. The van der Waals surface area contributed by atoms with Crippen LogP contribution in [0.1, 0.15) is 41.9 Å². The molecule has 166 valence electrons. The summed E-state index contributed by atoms with van der Waals surface area (Å²) in [4.78, 5) is 30.6. The van der Waals surface area contributed by atoms with Crippen molar-refractivity contribution in [1.82, 2.24) is 24.4 Å². The number of hydrogen-bond acceptors (Lipinski definition) is 6. The molecule has 32 heavy (non-hydrogen) atoms. The van der Waals surface area contributed by atoms with Crippen LogP contribution in [0.2, 0.25) is 0 Å². The minimum atomic E-state index is 0.0106. The molecule has 0 unspecified atom stereocenters. The Balaban J connectivity index is 1.20. The molecule has 0 aromatic carbocycles. The van der Waals surface area contributed by atoms with Crippen LogP contribution >= 0.6 is 0 Å². The van der Waals surface area contributed by atoms with Gasteiger partial charge in [0.1, 0.15) is 23.6 Å². The third-order valence-corrected chi connectivity index (χ3v) is 6.14. The van der Waals surface area contributed by atoms with Crippen molar-refractivity contribution in [1.29, 1.82) is 0 Å². The lowest BCUT2D eigenvalue weighted by atomic mass is 10.2. The Morgan fingerprint density at radius 2 is 1.72 bits per heavy atom. The molecule has 3 aromatic rings. The fourth-order valence-corrected chi connectivity index (χ4v) is 4.39. The molecule has 1 saturated carbocycles. The van der Waals surface area contributed by atoms with E-state index < -0.39 is 0 Å². The van der Waals surface area contributed by atoms with Gasteiger partial charge in [-0.25, -0.2) is 15.0 Å². The molecule has 1 aliphatic carbocycles. The van der Waals surface area contributed by atoms with Crippen LogP contribution in [0.5, 0.6) is 5.88 Å². The van der Waals surface area contributed by atoms with Gasteiger partial charge in [-0.2, -0.15) is 0 Å². The van der Waals surface area contributed by atoms with Gasteiger partial charge >= 0.3 is 0 Å². The first kappa shape index (κ1) is 20.5. The Morgan fingerprint density at radius 1 is 1.00 bits per heavy atom. The predicted molar refractivity (Wildman–Crippen MR) is 121 cm³/mol. The highest BCUT2D eigenvalue weighted by molar-refractivity contribution is 5.94. The van der Waals surface area contributed by atoms with Gasteiger partial charge in [0.25, 0.3) is 5.91 Å². The number of anilines is 1. The quantitative estimate of drug-likeness (QED) is 0.616. The molecule has 2 aliphatic rings. The summed E-state index contributed by atoms with van der Waals surface area (Å²) in [5, 5.41) is 0. The third kappa shape index (κ3) is 4.44. The Hall–Kier alpha value is -3.42. The fraction of sp³-hybridized carbons (Fsp3) is 0.417. The van der Waals surface area contributed by atoms with E-state index in [1.54, 1.807) is 6.20 Å². The number of ether oxygens (including phenoxy) is 1. The smallest absolute Gasteiger partial charge is 0.255 e. The average molecular weight is 433 g/mol. The van der Waals surface area contributed by atoms with Crippen molar-refractivity contribution < 1.29 is 9.53 Å². The van der Waals surface area contributed by atoms with Gasteiger partial charge in [-0.3, -0.25) is 4.79 Å². The number of piperazine rings is 1. The van der Waals surface area contributed by atoms with Gasteiger partial charge in [-0.05, 0) is 50.8 Å². The second-order valence-corrected chi connectivity index (χ2v) is 8.41. The van der Waals surface area contributed by atoms with Crippen LogP contribution in [0, 0.1) is 6.92 Å². The number of rotatable bonds is 5. The molecular weight excluding hydrogens is 404 g/mol. The van der Waals surface area contributed by atoms with Crippen molar-refractivity contribution in [2.45, 2.75) is 38.7 Å². The van der Waals surface area contributed by atoms with E-state index in [0.29, 0.717) is 24.5 Å². The summed E-state index contributed by atoms with van der Waals surface area (Å²) in [6, 6.07) is 9.59. The van der Waals surface area contributed by atoms with Crippen LogP contribution < -0.4 is 9.64 Å². The maximum Gasteiger partial charge on any atom is 0.255 e. The van der Waals surface area contributed by atoms with Gasteiger partial charge in [-0.15, -0.1) is 0 Å². The molecule has 0 bridgehead atoms. The lowest BCUT2D eigenvalue weighted by Crippen LogP contribution is -2.49. The highest BCUT2D eigenvalue weighted by atomic mass is 16.5. The second-order valence-electron chi connectivity index (χ2n) is 8.41. The molecule has 0 radical (unpaired) electrons. The Labute approximate surface area is 187 Å². The predicted octanol–water partition coefficient (Wildman–Crippen LogP) is 3.25. The molecule has 1 aliphatic heterocycles. The molecule has 0 N–H and O–H groups in total. The van der Waals surface area contributed by atoms with Gasteiger partial charge in [0.2, 0.25) is 5.88 Å². The largest absolute Gasteiger partial charge is 0.474 e. The van der Waals surface area contributed by atoms with Gasteiger partial charge < -0.3 is 19.1 Å². The van der Waals surface area contributed by atoms with Gasteiger partial charge in [0.05, 0.1) is 5.56 Å². The summed E-state index contributed by atoms with van der Waals surface area (Å²) in [7, 11) is 0. The Bertz CT molecular complexity index is 1050. The normalized spacial score (nSPS) is 17.0. The lowest BCUT2D eigenvalue weighted by molar-refractivity contribution is 0.0746. The number of hydrogen-bond donors (Lipinski definition) is 0. The molecule has 1 amide bonds. The van der Waals surface area contributed by atoms with E-state index in [2.05, 4.69) is 19.9 Å². The summed E-state index contributed by atoms with van der Waals surface area (Å²) in [5.41, 5.74) is 0.602. The molecule has 1 saturated heterocycles. The minimum Gasteiger partial charge on any atom is -0.474 e. The number of aromatic nitrogens is 4. The first-order valence-corrected chi connectivity index (χ1v) is 11.3. The van der Waals surface area contributed by atoms with Crippen molar-refractivity contribution in [2.24, 2.45) is 0 Å². The summed E-state index contributed by atoms with van der Waals surface area (Å²) < 4.78 is 7.89. The van der Waals surface area contributed by atoms with Crippen LogP contribution in [0.15, 0.2) is 48.9 Å². The minimum absolute atomic E-state index is 0.0106. The number of pyridine rings is 1. The summed E-state index contributed by atoms with van der Waals surface area (Å²) in [6.07, 6.45) is 10.5. The fourth-order valence-electron chi connectivity index (χ4n) is 4.39. The van der Waals surface area contributed by atoms with Crippen LogP contribution in [0.3, 0.4) is 0 Å². The first-order valence-electron chi connectivity index (χ1n) is 11.3. The van der Waals surface area contributed by atoms with E-state index >= 15 is 0 Å². The zero-order valence-electron chi connectivity index (χ0n) is 18.4. The molecule has 2 fully saturated rings. The van der Waals surface area contributed by atoms with Gasteiger partial charge in [-0.1, -0.05) is 0 Å². The van der Waals surface area contributed by atoms with Crippen molar-refractivity contribution in [3.05, 3.63) is 60.3 Å². The van der Waals surface area contributed by atoms with Crippen molar-refractivity contribution in [3.8, 4) is 11.7 Å². The second kappa shape index (κ2) is 8.98. The molecule has 0 atom stereocenters. The summed E-state index contributed by atoms with van der Waals surface area (Å²) >= 11 is 0. The third-order valence-electron chi connectivity index (χ3n) is 6.14. The number of carbonyl (C=O) groups is 1. The van der Waals surface area contributed by atoms with Gasteiger partial charge in [0, 0.05) is 56.9 Å². The Morgan fingerprint density at radius 3 is 2.41 bits per heavy atom. The number of aryl methyl sites for hydroxylation is 1. The van der Waals surface area contributed by atoms with Crippen LogP contribution in [-0.4, -0.2) is 62.6 Å². The molecule has 8 heteroatoms. The summed E-state index contributed by atoms with van der Waals surface area (Å²) in [5.74, 6) is 3.09. The zero-order chi connectivity index (χ0) is 21.9. The number of amides is 1. The molecule has 0 spiro atoms. The highest BCUT2D eigenvalue weighted by Crippen LogP contribution is 2.23. The van der Waals surface area contributed by atoms with Crippen LogP contribution in [-0.2, 0) is 0 Å². The molecule has 5 rings (SSSR count). The van der Waals surface area contributed by atoms with Crippen LogP contribution in [0.25, 0.3) is 5.82 Å². The van der Waals surface area contributed by atoms with Crippen molar-refractivity contribution in [2.75, 3.05) is 31.1 Å². The SMILES string of the molecule is Cc1nc(N2CCN(C(=O)c3ccc(OC4CCCC4)nc3)CC2)cc(-n2cccc2)n1. The standard InChI is InChI=1S/C24H28N6O2/c1-18-26-21(28-10-4-5-11-28)16-22(27-18)29-12-14-30(15-13-29)24(31)19-8-9-23(25-17-19)32-20-6-2-3-7-20/h4-5,8-11,16-17,20H,2-3,6-7,12-15H2,1H3. The van der Waals surface area contributed by atoms with E-state index in [9.17, 15) is 4.79 Å². The number of nitrogens with zero attached hydrogens (tertiary/aromatic N) is 6. The molecule has 8 nitrogen and oxygen atoms in total. The molecule has 3 aromatic heterocycles. The monoisotopic (exact) mass is 432 g/mol. The van der Waals surface area contributed by atoms with Crippen molar-refractivity contribution >= 4 is 11.7 Å². The van der Waals surface area contributed by atoms with E-state index in [1.165, 1.54) is 12.8 Å². The first-order chi connectivity index (χ1) is 15.7. The zero-order valence-corrected chi connectivity index (χ0v) is 18.4. The van der Waals surface area contributed by atoms with E-state index in [1.807, 2.05) is 59.1 Å². The number of carbonyl (C=O) groups excluding carboxylic acids is 1. The summed E-state index contributed by atoms with van der Waals surface area (Å²) in [6.45, 7) is 4.64. The van der Waals surface area contributed by atoms with Gasteiger partial charge in [0.15, 0.2) is 0 Å². The lowest BCUT2D eigenvalue weighted by Gasteiger charge is -2.35. The molecular formula is C24H28N6O2. The maximum atomic E-state index is 13.0. The Kier molecular flexibility index (Phi) is 5.75. The van der Waals surface area contributed by atoms with E-state index in [-0.39, 0.29) is 12.0 Å². The highest BCUT2D eigenvalue weighted by Gasteiger charge is 2.24. The molecule has 4 heterocycles. The topological polar surface area (TPSA) is 76.4 Å². The maximum absolute atomic E-state index is 13.0. The van der Waals surface area contributed by atoms with E-state index in [0.717, 1.165) is 43.4 Å². The van der Waals surface area contributed by atoms with Crippen molar-refractivity contribution in [3.63, 3.8) is 0 Å².